The van der Waals surface area contributed by atoms with Crippen molar-refractivity contribution in [2.75, 3.05) is 21.3 Å². The molecule has 1 fully saturated rings. The monoisotopic (exact) mass is 424 g/mol. The van der Waals surface area contributed by atoms with Gasteiger partial charge in [-0.2, -0.15) is 0 Å². The molecule has 0 aromatic carbocycles. The number of methoxy groups -OCH3 is 2. The van der Waals surface area contributed by atoms with Gasteiger partial charge in [-0.05, 0) is 72.2 Å². The predicted octanol–water partition coefficient (Wildman–Crippen LogP) is 3.67. The summed E-state index contributed by atoms with van der Waals surface area (Å²) in [6.45, 7) is 15.7. The van der Waals surface area contributed by atoms with Crippen LogP contribution in [0.15, 0.2) is 24.9 Å². The molecule has 1 heterocycles. The molecule has 1 aliphatic carbocycles. The van der Waals surface area contributed by atoms with Crippen LogP contribution in [0, 0.1) is 6.92 Å². The van der Waals surface area contributed by atoms with E-state index in [0.717, 1.165) is 17.2 Å². The van der Waals surface area contributed by atoms with E-state index in [0.29, 0.717) is 18.8 Å². The van der Waals surface area contributed by atoms with Gasteiger partial charge in [-0.3, -0.25) is 4.79 Å². The molecule has 0 amide bonds. The second-order valence-electron chi connectivity index (χ2n) is 7.62. The fraction of sp³-hybridized carbons (Fsp3) is 0.609. The number of ether oxygens (including phenoxy) is 3. The number of rotatable bonds is 8. The van der Waals surface area contributed by atoms with Crippen molar-refractivity contribution in [2.45, 2.75) is 71.3 Å². The molecule has 0 aliphatic heterocycles. The molecule has 1 aromatic rings. The first kappa shape index (κ1) is 30.1. The highest BCUT2D eigenvalue weighted by Gasteiger charge is 2.38. The predicted molar refractivity (Wildman–Crippen MR) is 121 cm³/mol. The van der Waals surface area contributed by atoms with Crippen LogP contribution in [-0.4, -0.2) is 56.6 Å². The third kappa shape index (κ3) is 11.8. The number of allylic oxidation sites excluding steroid dienone is 1. The Bertz CT molecular complexity index is 608. The van der Waals surface area contributed by atoms with Gasteiger partial charge in [-0.15, -0.1) is 0 Å². The number of nitrogens with zero attached hydrogens (tertiary/aromatic N) is 1. The molecule has 1 N–H and O–H groups in total. The van der Waals surface area contributed by atoms with Crippen molar-refractivity contribution in [1.29, 1.82) is 0 Å². The molecular formula is C23H40N2O5. The van der Waals surface area contributed by atoms with E-state index >= 15 is 0 Å². The summed E-state index contributed by atoms with van der Waals surface area (Å²) in [7, 11) is 5.33. The normalized spacial score (nSPS) is 12.7. The quantitative estimate of drug-likeness (QED) is 0.503. The summed E-state index contributed by atoms with van der Waals surface area (Å²) < 4.78 is 16.6. The Labute approximate surface area is 182 Å². The van der Waals surface area contributed by atoms with Gasteiger partial charge >= 0.3 is 0 Å². The van der Waals surface area contributed by atoms with Gasteiger partial charge in [0.15, 0.2) is 0 Å². The van der Waals surface area contributed by atoms with Crippen molar-refractivity contribution in [3.63, 3.8) is 0 Å². The second kappa shape index (κ2) is 15.7. The molecule has 0 atom stereocenters. The van der Waals surface area contributed by atoms with Crippen LogP contribution >= 0.6 is 0 Å². The average Bonchev–Trinajstić information content (AvgIpc) is 3.59. The molecule has 7 nitrogen and oxygen atoms in total. The van der Waals surface area contributed by atoms with Crippen LogP contribution in [0.25, 0.3) is 0 Å². The molecule has 1 aliphatic rings. The largest absolute Gasteiger partial charge is 0.481 e. The van der Waals surface area contributed by atoms with Crippen LogP contribution in [0.5, 0.6) is 5.88 Å². The molecule has 0 bridgehead atoms. The summed E-state index contributed by atoms with van der Waals surface area (Å²) in [5.74, 6) is 0.653. The lowest BCUT2D eigenvalue weighted by Crippen LogP contribution is -2.48. The van der Waals surface area contributed by atoms with Crippen molar-refractivity contribution in [3.05, 3.63) is 36.0 Å². The van der Waals surface area contributed by atoms with Gasteiger partial charge in [-0.25, -0.2) is 4.98 Å². The van der Waals surface area contributed by atoms with Crippen LogP contribution in [0.3, 0.4) is 0 Å². The average molecular weight is 425 g/mol. The lowest BCUT2D eigenvalue weighted by Gasteiger charge is -2.40. The van der Waals surface area contributed by atoms with Crippen LogP contribution in [-0.2, 0) is 25.7 Å². The molecule has 0 saturated heterocycles. The number of aryl methyl sites for hydroxylation is 1. The Morgan fingerprint density at radius 2 is 1.73 bits per heavy atom. The van der Waals surface area contributed by atoms with E-state index in [2.05, 4.69) is 16.9 Å². The highest BCUT2D eigenvalue weighted by molar-refractivity contribution is 5.63. The zero-order valence-electron chi connectivity index (χ0n) is 19.9. The maximum atomic E-state index is 9.06. The minimum atomic E-state index is -0.393. The van der Waals surface area contributed by atoms with Gasteiger partial charge in [0, 0.05) is 24.9 Å². The lowest BCUT2D eigenvalue weighted by atomic mass is 9.89. The molecule has 0 radical (unpaired) electrons. The van der Waals surface area contributed by atoms with E-state index in [1.807, 2.05) is 54.5 Å². The zero-order chi connectivity index (χ0) is 23.8. The fourth-order valence-corrected chi connectivity index (χ4v) is 1.97. The number of hydrogen-bond donors (Lipinski definition) is 1. The second-order valence-corrected chi connectivity index (χ2v) is 7.62. The zero-order valence-corrected chi connectivity index (χ0v) is 19.9. The number of nitrogens with one attached hydrogen (secondary N) is 1. The Kier molecular flexibility index (Phi) is 15.8. The van der Waals surface area contributed by atoms with Crippen LogP contribution in [0.2, 0.25) is 0 Å². The Balaban J connectivity index is 0. The number of aromatic nitrogens is 1. The van der Waals surface area contributed by atoms with Crippen molar-refractivity contribution < 1.29 is 23.8 Å². The minimum Gasteiger partial charge on any atom is -0.481 e. The summed E-state index contributed by atoms with van der Waals surface area (Å²) in [6, 6.07) is 2.91. The van der Waals surface area contributed by atoms with Gasteiger partial charge in [0.25, 0.3) is 0 Å². The number of carbonyl (C=O) groups excluding carboxylic acids is 2. The van der Waals surface area contributed by atoms with Crippen molar-refractivity contribution in [1.82, 2.24) is 10.3 Å². The third-order valence-corrected chi connectivity index (χ3v) is 4.92. The minimum absolute atomic E-state index is 0.359. The SMILES string of the molecule is C=CC=O.C=O.CNC1CC1.COc1ncc(COC(C)(C)C(C)(C)OC)cc1C. The summed E-state index contributed by atoms with van der Waals surface area (Å²) in [5, 5.41) is 3.14. The third-order valence-electron chi connectivity index (χ3n) is 4.92. The molecule has 1 aromatic heterocycles. The number of aldehydes is 1. The maximum Gasteiger partial charge on any atom is 0.215 e. The van der Waals surface area contributed by atoms with Crippen LogP contribution < -0.4 is 10.1 Å². The molecular weight excluding hydrogens is 384 g/mol. The molecule has 1 saturated carbocycles. The van der Waals surface area contributed by atoms with E-state index in [1.165, 1.54) is 18.9 Å². The topological polar surface area (TPSA) is 86.8 Å². The first-order valence-corrected chi connectivity index (χ1v) is 9.79. The van der Waals surface area contributed by atoms with E-state index < -0.39 is 5.60 Å². The Morgan fingerprint density at radius 1 is 1.20 bits per heavy atom. The Hall–Kier alpha value is -2.09. The molecule has 0 unspecified atom stereocenters. The molecule has 7 heteroatoms. The van der Waals surface area contributed by atoms with E-state index in [9.17, 15) is 0 Å². The van der Waals surface area contributed by atoms with Gasteiger partial charge in [0.2, 0.25) is 5.88 Å². The van der Waals surface area contributed by atoms with Crippen molar-refractivity contribution in [3.8, 4) is 5.88 Å². The van der Waals surface area contributed by atoms with Gasteiger partial charge in [0.05, 0.1) is 24.9 Å². The number of hydrogen-bond acceptors (Lipinski definition) is 7. The van der Waals surface area contributed by atoms with Crippen LogP contribution in [0.4, 0.5) is 0 Å². The van der Waals surface area contributed by atoms with E-state index in [-0.39, 0.29) is 5.60 Å². The smallest absolute Gasteiger partial charge is 0.215 e. The lowest BCUT2D eigenvalue weighted by molar-refractivity contribution is -0.169. The van der Waals surface area contributed by atoms with E-state index in [1.54, 1.807) is 20.4 Å². The summed E-state index contributed by atoms with van der Waals surface area (Å²) in [5.41, 5.74) is 1.28. The summed E-state index contributed by atoms with van der Waals surface area (Å²) in [6.07, 6.45) is 6.41. The number of pyridine rings is 1. The Morgan fingerprint density at radius 3 is 2.03 bits per heavy atom. The highest BCUT2D eigenvalue weighted by Crippen LogP contribution is 2.29. The standard InChI is InChI=1S/C15H25NO3.C4H9N.C3H4O.CH2O/c1-11-8-12(9-16-13(11)17-6)10-19-15(4,5)14(2,3)18-7;1-5-4-2-3-4;1-2-3-4;1-2/h8-9H,10H2,1-7H3;4-5H,2-3H2,1H3;2-3H,1H2;1H2. The molecule has 30 heavy (non-hydrogen) atoms. The van der Waals surface area contributed by atoms with E-state index in [4.69, 9.17) is 23.8 Å². The first-order chi connectivity index (χ1) is 14.1. The van der Waals surface area contributed by atoms with Crippen LogP contribution in [0.1, 0.15) is 51.7 Å². The number of carbonyl (C=O) groups is 2. The first-order valence-electron chi connectivity index (χ1n) is 9.79. The van der Waals surface area contributed by atoms with Gasteiger partial charge < -0.3 is 24.3 Å². The molecule has 0 spiro atoms. The molecule has 172 valence electrons. The molecule has 2 rings (SSSR count). The summed E-state index contributed by atoms with van der Waals surface area (Å²) in [4.78, 5) is 21.3. The maximum absolute atomic E-state index is 9.06. The van der Waals surface area contributed by atoms with Crippen molar-refractivity contribution in [2.24, 2.45) is 0 Å². The summed E-state index contributed by atoms with van der Waals surface area (Å²) >= 11 is 0. The van der Waals surface area contributed by atoms with Gasteiger partial charge in [-0.1, -0.05) is 6.58 Å². The fourth-order valence-electron chi connectivity index (χ4n) is 1.97. The van der Waals surface area contributed by atoms with Crippen molar-refractivity contribution >= 4 is 13.1 Å². The van der Waals surface area contributed by atoms with Gasteiger partial charge in [0.1, 0.15) is 13.1 Å². The highest BCUT2D eigenvalue weighted by atomic mass is 16.6.